The van der Waals surface area contributed by atoms with Crippen LogP contribution in [0.4, 0.5) is 0 Å². The predicted molar refractivity (Wildman–Crippen MR) is 98.3 cm³/mol. The van der Waals surface area contributed by atoms with Crippen molar-refractivity contribution >= 4 is 5.91 Å². The van der Waals surface area contributed by atoms with E-state index >= 15 is 0 Å². The average molecular weight is 371 g/mol. The summed E-state index contributed by atoms with van der Waals surface area (Å²) in [7, 11) is 1.68. The van der Waals surface area contributed by atoms with Gasteiger partial charge in [-0.25, -0.2) is 0 Å². The van der Waals surface area contributed by atoms with E-state index in [0.29, 0.717) is 29.8 Å². The summed E-state index contributed by atoms with van der Waals surface area (Å²) < 4.78 is 16.3. The van der Waals surface area contributed by atoms with Gasteiger partial charge in [-0.15, -0.1) is 0 Å². The maximum atomic E-state index is 12.7. The maximum absolute atomic E-state index is 12.7. The molecule has 0 bridgehead atoms. The Morgan fingerprint density at radius 2 is 2.11 bits per heavy atom. The molecule has 2 heterocycles. The number of benzene rings is 1. The van der Waals surface area contributed by atoms with Crippen LogP contribution in [0.5, 0.6) is 0 Å². The van der Waals surface area contributed by atoms with Gasteiger partial charge in [0.25, 0.3) is 5.91 Å². The number of methoxy groups -OCH3 is 1. The highest BCUT2D eigenvalue weighted by Crippen LogP contribution is 2.43. The van der Waals surface area contributed by atoms with Crippen LogP contribution in [0.15, 0.2) is 28.8 Å². The lowest BCUT2D eigenvalue weighted by molar-refractivity contribution is -0.0809. The summed E-state index contributed by atoms with van der Waals surface area (Å²) in [5, 5.41) is 7.17. The van der Waals surface area contributed by atoms with Crippen molar-refractivity contribution in [1.82, 2.24) is 15.5 Å². The number of nitrogens with one attached hydrogen (secondary N) is 1. The highest BCUT2D eigenvalue weighted by molar-refractivity contribution is 5.94. The molecule has 1 saturated carbocycles. The van der Waals surface area contributed by atoms with E-state index in [9.17, 15) is 4.79 Å². The molecule has 1 aromatic heterocycles. The summed E-state index contributed by atoms with van der Waals surface area (Å²) in [6.45, 7) is 5.37. The summed E-state index contributed by atoms with van der Waals surface area (Å²) in [4.78, 5) is 17.1. The zero-order valence-electron chi connectivity index (χ0n) is 15.8. The Morgan fingerprint density at radius 3 is 2.78 bits per heavy atom. The summed E-state index contributed by atoms with van der Waals surface area (Å²) in [6.07, 6.45) is 1.20. The molecule has 7 nitrogen and oxygen atoms in total. The third kappa shape index (κ3) is 3.37. The van der Waals surface area contributed by atoms with Gasteiger partial charge < -0.3 is 19.3 Å². The van der Waals surface area contributed by atoms with Crippen LogP contribution in [-0.2, 0) is 9.47 Å². The number of rotatable bonds is 6. The van der Waals surface area contributed by atoms with Crippen LogP contribution in [0, 0.1) is 11.8 Å². The van der Waals surface area contributed by atoms with Crippen LogP contribution in [0.1, 0.15) is 42.4 Å². The highest BCUT2D eigenvalue weighted by atomic mass is 16.5. The van der Waals surface area contributed by atoms with E-state index in [1.165, 1.54) is 0 Å². The van der Waals surface area contributed by atoms with Crippen molar-refractivity contribution in [1.29, 1.82) is 0 Å². The molecular formula is C20H25N3O4. The Hall–Kier alpha value is -2.25. The number of carbonyl (C=O) groups is 1. The largest absolute Gasteiger partial charge is 0.384 e. The van der Waals surface area contributed by atoms with Crippen LogP contribution in [0.3, 0.4) is 0 Å². The molecule has 2 aromatic rings. The van der Waals surface area contributed by atoms with Crippen molar-refractivity contribution in [2.45, 2.75) is 38.3 Å². The molecule has 0 spiro atoms. The topological polar surface area (TPSA) is 86.5 Å². The molecule has 1 saturated heterocycles. The Bertz CT molecular complexity index is 802. The molecule has 0 radical (unpaired) electrons. The maximum Gasteiger partial charge on any atom is 0.251 e. The second kappa shape index (κ2) is 7.40. The number of aromatic nitrogens is 2. The van der Waals surface area contributed by atoms with Crippen LogP contribution in [-0.4, -0.2) is 48.5 Å². The minimum absolute atomic E-state index is 0.0750. The summed E-state index contributed by atoms with van der Waals surface area (Å²) in [5.74, 6) is 1.86. The minimum atomic E-state index is -0.0750. The molecule has 2 fully saturated rings. The van der Waals surface area contributed by atoms with Crippen molar-refractivity contribution in [2.75, 3.05) is 20.3 Å². The van der Waals surface area contributed by atoms with Gasteiger partial charge in [0.05, 0.1) is 12.7 Å². The number of hydrogen-bond acceptors (Lipinski definition) is 6. The standard InChI is InChI=1S/C20H25N3O4/c1-11(2)20-22-18(23-27-20)12-4-6-13(7-5-12)19(24)21-16-14-8-9-26-17(14)15(16)10-25-3/h4-7,11,14-17H,8-10H2,1-3H3,(H,21,24)/t14-,15+,16+,17-/m1/s1. The first kappa shape index (κ1) is 18.1. The first-order valence-electron chi connectivity index (χ1n) is 9.44. The summed E-state index contributed by atoms with van der Waals surface area (Å²) in [6, 6.07) is 7.39. The molecule has 7 heteroatoms. The summed E-state index contributed by atoms with van der Waals surface area (Å²) >= 11 is 0. The lowest BCUT2D eigenvalue weighted by atomic mass is 9.67. The van der Waals surface area contributed by atoms with Gasteiger partial charge in [0, 0.05) is 48.6 Å². The van der Waals surface area contributed by atoms with E-state index in [0.717, 1.165) is 18.6 Å². The smallest absolute Gasteiger partial charge is 0.251 e. The minimum Gasteiger partial charge on any atom is -0.384 e. The Labute approximate surface area is 158 Å². The van der Waals surface area contributed by atoms with Crippen LogP contribution in [0.25, 0.3) is 11.4 Å². The molecule has 1 aliphatic heterocycles. The van der Waals surface area contributed by atoms with E-state index in [2.05, 4.69) is 15.5 Å². The predicted octanol–water partition coefficient (Wildman–Crippen LogP) is 2.64. The van der Waals surface area contributed by atoms with Gasteiger partial charge in [-0.3, -0.25) is 4.79 Å². The fourth-order valence-electron chi connectivity index (χ4n) is 4.03. The fraction of sp³-hybridized carbons (Fsp3) is 0.550. The normalized spacial score (nSPS) is 26.7. The van der Waals surface area contributed by atoms with Crippen molar-refractivity contribution in [3.8, 4) is 11.4 Å². The third-order valence-electron chi connectivity index (χ3n) is 5.53. The molecule has 4 rings (SSSR count). The van der Waals surface area contributed by atoms with Crippen LogP contribution in [0.2, 0.25) is 0 Å². The molecular weight excluding hydrogens is 346 g/mol. The molecule has 1 aromatic carbocycles. The van der Waals surface area contributed by atoms with Crippen molar-refractivity contribution in [3.63, 3.8) is 0 Å². The molecule has 144 valence electrons. The molecule has 4 atom stereocenters. The zero-order chi connectivity index (χ0) is 19.0. The van der Waals surface area contributed by atoms with Gasteiger partial charge in [0.1, 0.15) is 0 Å². The molecule has 1 aliphatic carbocycles. The van der Waals surface area contributed by atoms with Crippen LogP contribution < -0.4 is 5.32 Å². The molecule has 1 N–H and O–H groups in total. The summed E-state index contributed by atoms with van der Waals surface area (Å²) in [5.41, 5.74) is 1.44. The van der Waals surface area contributed by atoms with E-state index in [4.69, 9.17) is 14.0 Å². The van der Waals surface area contributed by atoms with Gasteiger partial charge >= 0.3 is 0 Å². The van der Waals surface area contributed by atoms with Crippen molar-refractivity contribution < 1.29 is 18.8 Å². The molecule has 1 amide bonds. The van der Waals surface area contributed by atoms with Gasteiger partial charge in [-0.1, -0.05) is 31.1 Å². The van der Waals surface area contributed by atoms with Crippen molar-refractivity contribution in [2.24, 2.45) is 11.8 Å². The number of nitrogens with zero attached hydrogens (tertiary/aromatic N) is 2. The molecule has 0 unspecified atom stereocenters. The van der Waals surface area contributed by atoms with Crippen LogP contribution >= 0.6 is 0 Å². The number of ether oxygens (including phenoxy) is 2. The van der Waals surface area contributed by atoms with E-state index in [1.807, 2.05) is 26.0 Å². The van der Waals surface area contributed by atoms with E-state index in [1.54, 1.807) is 19.2 Å². The SMILES string of the molecule is COC[C@H]1[C@@H](NC(=O)c2ccc(-c3noc(C(C)C)n3)cc2)[C@H]2CCO[C@H]21. The first-order valence-corrected chi connectivity index (χ1v) is 9.44. The van der Waals surface area contributed by atoms with Gasteiger partial charge in [0.15, 0.2) is 0 Å². The third-order valence-corrected chi connectivity index (χ3v) is 5.53. The average Bonchev–Trinajstić information content (AvgIpc) is 3.32. The second-order valence-corrected chi connectivity index (χ2v) is 7.59. The Morgan fingerprint density at radius 1 is 1.33 bits per heavy atom. The monoisotopic (exact) mass is 371 g/mol. The van der Waals surface area contributed by atoms with E-state index < -0.39 is 0 Å². The molecule has 27 heavy (non-hydrogen) atoms. The highest BCUT2D eigenvalue weighted by Gasteiger charge is 2.54. The fourth-order valence-corrected chi connectivity index (χ4v) is 4.03. The van der Waals surface area contributed by atoms with E-state index in [-0.39, 0.29) is 29.9 Å². The van der Waals surface area contributed by atoms with Gasteiger partial charge in [0.2, 0.25) is 11.7 Å². The second-order valence-electron chi connectivity index (χ2n) is 7.59. The number of fused-ring (bicyclic) bond motifs is 1. The Kier molecular flexibility index (Phi) is 4.97. The molecule has 2 aliphatic rings. The Balaban J connectivity index is 1.43. The lowest BCUT2D eigenvalue weighted by Gasteiger charge is -2.47. The number of amides is 1. The number of hydrogen-bond donors (Lipinski definition) is 1. The van der Waals surface area contributed by atoms with Gasteiger partial charge in [-0.05, 0) is 18.6 Å². The first-order chi connectivity index (χ1) is 13.1. The zero-order valence-corrected chi connectivity index (χ0v) is 15.8. The van der Waals surface area contributed by atoms with Crippen molar-refractivity contribution in [3.05, 3.63) is 35.7 Å². The van der Waals surface area contributed by atoms with Gasteiger partial charge in [-0.2, -0.15) is 4.98 Å². The number of carbonyl (C=O) groups excluding carboxylic acids is 1. The quantitative estimate of drug-likeness (QED) is 0.840. The lowest BCUT2D eigenvalue weighted by Crippen LogP contribution is -2.62.